The summed E-state index contributed by atoms with van der Waals surface area (Å²) in [5.74, 6) is 1.62. The van der Waals surface area contributed by atoms with E-state index in [0.717, 1.165) is 24.7 Å². The second-order valence-corrected chi connectivity index (χ2v) is 8.00. The van der Waals surface area contributed by atoms with Gasteiger partial charge in [0.2, 0.25) is 0 Å². The molecule has 22 heavy (non-hydrogen) atoms. The van der Waals surface area contributed by atoms with Crippen LogP contribution in [0.1, 0.15) is 73.6 Å². The number of rotatable bonds is 6. The van der Waals surface area contributed by atoms with Crippen molar-refractivity contribution in [2.24, 2.45) is 11.8 Å². The maximum atomic E-state index is 11.8. The number of hydrogen-bond donors (Lipinski definition) is 2. The molecule has 0 aromatic heterocycles. The Bertz CT molecular complexity index is 338. The van der Waals surface area contributed by atoms with Gasteiger partial charge >= 0.3 is 6.09 Å². The largest absolute Gasteiger partial charge is 0.444 e. The molecule has 1 amide bonds. The van der Waals surface area contributed by atoms with Crippen molar-refractivity contribution in [2.45, 2.75) is 91.3 Å². The Balaban J connectivity index is 2.40. The lowest BCUT2D eigenvalue weighted by Crippen LogP contribution is -2.48. The molecule has 1 fully saturated rings. The van der Waals surface area contributed by atoms with Gasteiger partial charge in [0.25, 0.3) is 0 Å². The molecule has 0 radical (unpaired) electrons. The summed E-state index contributed by atoms with van der Waals surface area (Å²) in [5.41, 5.74) is -0.438. The molecule has 0 saturated heterocycles. The highest BCUT2D eigenvalue weighted by Crippen LogP contribution is 2.29. The Hall–Kier alpha value is -0.770. The van der Waals surface area contributed by atoms with Gasteiger partial charge in [0.15, 0.2) is 0 Å². The first-order chi connectivity index (χ1) is 10.2. The lowest BCUT2D eigenvalue weighted by Gasteiger charge is -2.35. The minimum atomic E-state index is -0.438. The van der Waals surface area contributed by atoms with E-state index in [4.69, 9.17) is 4.74 Å². The van der Waals surface area contributed by atoms with E-state index >= 15 is 0 Å². The normalized spacial score (nSPS) is 27.3. The molecular weight excluding hydrogens is 276 g/mol. The zero-order chi connectivity index (χ0) is 16.8. The maximum Gasteiger partial charge on any atom is 0.407 e. The average molecular weight is 312 g/mol. The molecular formula is C18H36N2O2. The first-order valence-corrected chi connectivity index (χ1v) is 8.94. The fourth-order valence-electron chi connectivity index (χ4n) is 3.15. The second-order valence-electron chi connectivity index (χ2n) is 8.00. The molecule has 4 heteroatoms. The first kappa shape index (κ1) is 19.3. The quantitative estimate of drug-likeness (QED) is 0.776. The molecule has 1 aliphatic rings. The van der Waals surface area contributed by atoms with Crippen molar-refractivity contribution in [1.29, 1.82) is 0 Å². The molecule has 130 valence electrons. The monoisotopic (exact) mass is 312 g/mol. The van der Waals surface area contributed by atoms with Crippen LogP contribution in [-0.2, 0) is 4.74 Å². The van der Waals surface area contributed by atoms with Gasteiger partial charge in [-0.15, -0.1) is 0 Å². The van der Waals surface area contributed by atoms with Crippen LogP contribution in [0.5, 0.6) is 0 Å². The van der Waals surface area contributed by atoms with Gasteiger partial charge in [0.05, 0.1) is 0 Å². The Morgan fingerprint density at radius 1 is 1.23 bits per heavy atom. The van der Waals surface area contributed by atoms with E-state index in [1.54, 1.807) is 0 Å². The van der Waals surface area contributed by atoms with Crippen LogP contribution >= 0.6 is 0 Å². The van der Waals surface area contributed by atoms with Gasteiger partial charge in [-0.25, -0.2) is 4.79 Å². The molecule has 4 unspecified atom stereocenters. The van der Waals surface area contributed by atoms with Crippen molar-refractivity contribution >= 4 is 6.09 Å². The van der Waals surface area contributed by atoms with Crippen molar-refractivity contribution in [1.82, 2.24) is 10.6 Å². The third-order valence-corrected chi connectivity index (χ3v) is 4.60. The summed E-state index contributed by atoms with van der Waals surface area (Å²) in [6, 6.07) is 0.923. The molecule has 0 heterocycles. The number of amides is 1. The fraction of sp³-hybridized carbons (Fsp3) is 0.944. The molecule has 0 bridgehead atoms. The summed E-state index contributed by atoms with van der Waals surface area (Å²) >= 11 is 0. The van der Waals surface area contributed by atoms with Crippen LogP contribution in [0.4, 0.5) is 4.79 Å². The maximum absolute atomic E-state index is 11.8. The van der Waals surface area contributed by atoms with Gasteiger partial charge in [-0.1, -0.05) is 27.2 Å². The molecule has 0 aromatic rings. The van der Waals surface area contributed by atoms with E-state index in [2.05, 4.69) is 31.4 Å². The van der Waals surface area contributed by atoms with E-state index in [1.807, 2.05) is 20.8 Å². The smallest absolute Gasteiger partial charge is 0.407 e. The van der Waals surface area contributed by atoms with E-state index in [9.17, 15) is 4.79 Å². The van der Waals surface area contributed by atoms with Gasteiger partial charge in [-0.3, -0.25) is 0 Å². The van der Waals surface area contributed by atoms with Gasteiger partial charge in [0, 0.05) is 18.6 Å². The van der Waals surface area contributed by atoms with E-state index < -0.39 is 5.60 Å². The summed E-state index contributed by atoms with van der Waals surface area (Å²) in [4.78, 5) is 11.8. The highest BCUT2D eigenvalue weighted by atomic mass is 16.6. The zero-order valence-corrected chi connectivity index (χ0v) is 15.4. The number of nitrogens with one attached hydrogen (secondary N) is 2. The average Bonchev–Trinajstić information content (AvgIpc) is 2.38. The Morgan fingerprint density at radius 3 is 2.45 bits per heavy atom. The summed E-state index contributed by atoms with van der Waals surface area (Å²) < 4.78 is 5.31. The summed E-state index contributed by atoms with van der Waals surface area (Å²) in [6.07, 6.45) is 5.67. The lowest BCUT2D eigenvalue weighted by molar-refractivity contribution is 0.0519. The lowest BCUT2D eigenvalue weighted by atomic mass is 9.79. The van der Waals surface area contributed by atoms with Crippen LogP contribution in [0.2, 0.25) is 0 Å². The van der Waals surface area contributed by atoms with E-state index in [0.29, 0.717) is 18.6 Å². The minimum absolute atomic E-state index is 0.318. The fourth-order valence-corrected chi connectivity index (χ4v) is 3.15. The Labute approximate surface area is 136 Å². The summed E-state index contributed by atoms with van der Waals surface area (Å²) in [7, 11) is 0. The third kappa shape index (κ3) is 7.48. The van der Waals surface area contributed by atoms with Crippen LogP contribution in [0.3, 0.4) is 0 Å². The molecule has 0 aromatic carbocycles. The molecule has 1 rings (SSSR count). The Morgan fingerprint density at radius 2 is 1.91 bits per heavy atom. The molecule has 0 aliphatic heterocycles. The van der Waals surface area contributed by atoms with Crippen molar-refractivity contribution < 1.29 is 9.53 Å². The number of hydrogen-bond acceptors (Lipinski definition) is 3. The van der Waals surface area contributed by atoms with Crippen LogP contribution in [0.15, 0.2) is 0 Å². The van der Waals surface area contributed by atoms with Crippen molar-refractivity contribution in [3.63, 3.8) is 0 Å². The van der Waals surface area contributed by atoms with Crippen molar-refractivity contribution in [2.75, 3.05) is 6.54 Å². The first-order valence-electron chi connectivity index (χ1n) is 8.94. The van der Waals surface area contributed by atoms with E-state index in [1.165, 1.54) is 19.3 Å². The number of carbonyl (C=O) groups excluding carboxylic acids is 1. The molecule has 4 nitrogen and oxygen atoms in total. The SMILES string of the molecule is CCCC(CNC(=O)OC(C)(C)C)NC1CCC(C)C(C)C1. The predicted molar refractivity (Wildman–Crippen MR) is 92.0 cm³/mol. The van der Waals surface area contributed by atoms with Crippen LogP contribution < -0.4 is 10.6 Å². The summed E-state index contributed by atoms with van der Waals surface area (Å²) in [6.45, 7) is 13.2. The molecule has 0 spiro atoms. The highest BCUT2D eigenvalue weighted by molar-refractivity contribution is 5.67. The van der Waals surface area contributed by atoms with Gasteiger partial charge in [-0.2, -0.15) is 0 Å². The molecule has 1 saturated carbocycles. The van der Waals surface area contributed by atoms with E-state index in [-0.39, 0.29) is 6.09 Å². The molecule has 1 aliphatic carbocycles. The van der Waals surface area contributed by atoms with Gasteiger partial charge in [0.1, 0.15) is 5.60 Å². The number of carbonyl (C=O) groups is 1. The number of ether oxygens (including phenoxy) is 1. The third-order valence-electron chi connectivity index (χ3n) is 4.60. The second kappa shape index (κ2) is 8.76. The summed E-state index contributed by atoms with van der Waals surface area (Å²) in [5, 5.41) is 6.67. The predicted octanol–water partition coefficient (Wildman–Crippen LogP) is 4.09. The zero-order valence-electron chi connectivity index (χ0n) is 15.4. The minimum Gasteiger partial charge on any atom is -0.444 e. The molecule has 4 atom stereocenters. The standard InChI is InChI=1S/C18H36N2O2/c1-7-8-16(12-19-17(21)22-18(4,5)6)20-15-10-9-13(2)14(3)11-15/h13-16,20H,7-12H2,1-6H3,(H,19,21). The van der Waals surface area contributed by atoms with Crippen molar-refractivity contribution in [3.05, 3.63) is 0 Å². The Kier molecular flexibility index (Phi) is 7.67. The van der Waals surface area contributed by atoms with Gasteiger partial charge in [-0.05, 0) is 58.3 Å². The highest BCUT2D eigenvalue weighted by Gasteiger charge is 2.26. The van der Waals surface area contributed by atoms with Crippen LogP contribution in [-0.4, -0.2) is 30.3 Å². The molecule has 2 N–H and O–H groups in total. The van der Waals surface area contributed by atoms with Crippen molar-refractivity contribution in [3.8, 4) is 0 Å². The van der Waals surface area contributed by atoms with Gasteiger partial charge < -0.3 is 15.4 Å². The van der Waals surface area contributed by atoms with Crippen LogP contribution in [0.25, 0.3) is 0 Å². The topological polar surface area (TPSA) is 50.4 Å². The van der Waals surface area contributed by atoms with Crippen LogP contribution in [0, 0.1) is 11.8 Å². The number of alkyl carbamates (subject to hydrolysis) is 1.